The summed E-state index contributed by atoms with van der Waals surface area (Å²) in [6, 6.07) is 9.44. The Morgan fingerprint density at radius 1 is 1.47 bits per heavy atom. The third kappa shape index (κ3) is 3.43. The normalized spacial score (nSPS) is 13.8. The Hall–Kier alpha value is -1.61. The Balaban J connectivity index is 2.73. The number of hydrogen-bond donors (Lipinski definition) is 1. The van der Waals surface area contributed by atoms with Crippen LogP contribution in [0.1, 0.15) is 24.9 Å². The molecule has 3 nitrogen and oxygen atoms in total. The van der Waals surface area contributed by atoms with Crippen molar-refractivity contribution in [2.45, 2.75) is 25.4 Å². The second kappa shape index (κ2) is 6.21. The Morgan fingerprint density at radius 3 is 2.59 bits per heavy atom. The molecule has 1 amide bonds. The molecule has 0 aliphatic rings. The summed E-state index contributed by atoms with van der Waals surface area (Å²) in [6.07, 6.45) is 2.17. The molecular weight excluding hydrogens is 212 g/mol. The highest BCUT2D eigenvalue weighted by atomic mass is 16.2. The van der Waals surface area contributed by atoms with Crippen LogP contribution in [0.25, 0.3) is 0 Å². The molecule has 0 saturated heterocycles. The van der Waals surface area contributed by atoms with Crippen molar-refractivity contribution in [1.29, 1.82) is 0 Å². The molecule has 0 aliphatic heterocycles. The number of rotatable bonds is 5. The van der Waals surface area contributed by atoms with Gasteiger partial charge in [-0.3, -0.25) is 4.79 Å². The van der Waals surface area contributed by atoms with Crippen molar-refractivity contribution in [2.24, 2.45) is 5.73 Å². The van der Waals surface area contributed by atoms with Gasteiger partial charge in [-0.05, 0) is 18.9 Å². The van der Waals surface area contributed by atoms with Gasteiger partial charge in [-0.1, -0.05) is 36.4 Å². The minimum Gasteiger partial charge on any atom is -0.338 e. The van der Waals surface area contributed by atoms with Gasteiger partial charge in [-0.25, -0.2) is 0 Å². The van der Waals surface area contributed by atoms with E-state index in [1.54, 1.807) is 18.0 Å². The summed E-state index contributed by atoms with van der Waals surface area (Å²) >= 11 is 0. The van der Waals surface area contributed by atoms with Crippen molar-refractivity contribution >= 4 is 5.91 Å². The first-order valence-corrected chi connectivity index (χ1v) is 5.76. The molecule has 1 aromatic rings. The van der Waals surface area contributed by atoms with Gasteiger partial charge in [0.25, 0.3) is 0 Å². The average molecular weight is 232 g/mol. The van der Waals surface area contributed by atoms with Crippen molar-refractivity contribution in [3.63, 3.8) is 0 Å². The molecule has 0 fully saturated rings. The number of carbonyl (C=O) groups is 1. The minimum absolute atomic E-state index is 0.0274. The Bertz CT molecular complexity index is 375. The van der Waals surface area contributed by atoms with Crippen LogP contribution in [0.4, 0.5) is 0 Å². The first-order valence-electron chi connectivity index (χ1n) is 5.76. The van der Waals surface area contributed by atoms with Crippen LogP contribution < -0.4 is 5.73 Å². The van der Waals surface area contributed by atoms with Crippen molar-refractivity contribution < 1.29 is 4.79 Å². The molecule has 2 atom stereocenters. The van der Waals surface area contributed by atoms with Crippen LogP contribution in [0.15, 0.2) is 43.0 Å². The molecule has 0 radical (unpaired) electrons. The van der Waals surface area contributed by atoms with E-state index in [1.165, 1.54) is 0 Å². The first-order chi connectivity index (χ1) is 8.07. The number of likely N-dealkylation sites (N-methyl/N-ethyl adjacent to an activating group) is 1. The van der Waals surface area contributed by atoms with Crippen molar-refractivity contribution in [2.75, 3.05) is 7.05 Å². The van der Waals surface area contributed by atoms with Crippen LogP contribution in [-0.2, 0) is 4.79 Å². The topological polar surface area (TPSA) is 46.3 Å². The van der Waals surface area contributed by atoms with Crippen molar-refractivity contribution in [3.05, 3.63) is 48.6 Å². The van der Waals surface area contributed by atoms with Crippen LogP contribution in [0.5, 0.6) is 0 Å². The largest absolute Gasteiger partial charge is 0.338 e. The van der Waals surface area contributed by atoms with E-state index < -0.39 is 6.04 Å². The summed E-state index contributed by atoms with van der Waals surface area (Å²) in [5.74, 6) is -0.0544. The lowest BCUT2D eigenvalue weighted by atomic mass is 10.1. The molecule has 2 unspecified atom stereocenters. The van der Waals surface area contributed by atoms with E-state index in [0.717, 1.165) is 5.56 Å². The third-order valence-corrected chi connectivity index (χ3v) is 2.95. The van der Waals surface area contributed by atoms with E-state index in [0.29, 0.717) is 6.42 Å². The van der Waals surface area contributed by atoms with Gasteiger partial charge in [-0.15, -0.1) is 6.58 Å². The summed E-state index contributed by atoms with van der Waals surface area (Å²) in [5.41, 5.74) is 6.89. The van der Waals surface area contributed by atoms with Crippen molar-refractivity contribution in [1.82, 2.24) is 4.90 Å². The van der Waals surface area contributed by atoms with E-state index >= 15 is 0 Å². The number of amides is 1. The molecule has 2 N–H and O–H groups in total. The van der Waals surface area contributed by atoms with Gasteiger partial charge in [0.15, 0.2) is 0 Å². The molecule has 0 saturated carbocycles. The lowest BCUT2D eigenvalue weighted by Gasteiger charge is -2.27. The molecule has 92 valence electrons. The molecule has 0 bridgehead atoms. The van der Waals surface area contributed by atoms with Crippen molar-refractivity contribution in [3.8, 4) is 0 Å². The maximum Gasteiger partial charge on any atom is 0.240 e. The highest BCUT2D eigenvalue weighted by molar-refractivity contribution is 5.82. The second-order valence-electron chi connectivity index (χ2n) is 4.17. The number of hydrogen-bond acceptors (Lipinski definition) is 2. The fraction of sp³-hybridized carbons (Fsp3) is 0.357. The summed E-state index contributed by atoms with van der Waals surface area (Å²) in [7, 11) is 1.78. The molecule has 17 heavy (non-hydrogen) atoms. The molecular formula is C14H20N2O. The smallest absolute Gasteiger partial charge is 0.240 e. The SMILES string of the molecule is C=CCC(N)C(=O)N(C)C(C)c1ccccc1. The zero-order chi connectivity index (χ0) is 12.8. The van der Waals surface area contributed by atoms with Gasteiger partial charge in [0, 0.05) is 7.05 Å². The quantitative estimate of drug-likeness (QED) is 0.790. The highest BCUT2D eigenvalue weighted by Gasteiger charge is 2.21. The Morgan fingerprint density at radius 2 is 2.06 bits per heavy atom. The van der Waals surface area contributed by atoms with Gasteiger partial charge < -0.3 is 10.6 Å². The monoisotopic (exact) mass is 232 g/mol. The molecule has 1 rings (SSSR count). The number of benzene rings is 1. The molecule has 0 aromatic heterocycles. The van der Waals surface area contributed by atoms with E-state index in [-0.39, 0.29) is 11.9 Å². The van der Waals surface area contributed by atoms with Crippen LogP contribution in [-0.4, -0.2) is 23.9 Å². The standard InChI is InChI=1S/C14H20N2O/c1-4-8-13(15)14(17)16(3)11(2)12-9-6-5-7-10-12/h4-7,9-11,13H,1,8,15H2,2-3H3. The summed E-state index contributed by atoms with van der Waals surface area (Å²) < 4.78 is 0. The van der Waals surface area contributed by atoms with Gasteiger partial charge in [0.1, 0.15) is 0 Å². The number of carbonyl (C=O) groups excluding carboxylic acids is 1. The maximum atomic E-state index is 12.0. The third-order valence-electron chi connectivity index (χ3n) is 2.95. The summed E-state index contributed by atoms with van der Waals surface area (Å²) in [4.78, 5) is 13.7. The fourth-order valence-electron chi connectivity index (χ4n) is 1.69. The van der Waals surface area contributed by atoms with E-state index in [1.807, 2.05) is 37.3 Å². The average Bonchev–Trinajstić information content (AvgIpc) is 2.37. The molecule has 0 spiro atoms. The van der Waals surface area contributed by atoms with E-state index in [2.05, 4.69) is 6.58 Å². The zero-order valence-electron chi connectivity index (χ0n) is 10.5. The fourth-order valence-corrected chi connectivity index (χ4v) is 1.69. The number of nitrogens with zero attached hydrogens (tertiary/aromatic N) is 1. The second-order valence-corrected chi connectivity index (χ2v) is 4.17. The Kier molecular flexibility index (Phi) is 4.91. The van der Waals surface area contributed by atoms with E-state index in [4.69, 9.17) is 5.73 Å². The maximum absolute atomic E-state index is 12.0. The zero-order valence-corrected chi connectivity index (χ0v) is 10.5. The minimum atomic E-state index is -0.497. The molecule has 0 aliphatic carbocycles. The van der Waals surface area contributed by atoms with E-state index in [9.17, 15) is 4.79 Å². The summed E-state index contributed by atoms with van der Waals surface area (Å²) in [5, 5.41) is 0. The van der Waals surface area contributed by atoms with Gasteiger partial charge in [-0.2, -0.15) is 0 Å². The lowest BCUT2D eigenvalue weighted by molar-refractivity contribution is -0.133. The Labute approximate surface area is 103 Å². The van der Waals surface area contributed by atoms with Crippen LogP contribution >= 0.6 is 0 Å². The van der Waals surface area contributed by atoms with Gasteiger partial charge in [0.05, 0.1) is 12.1 Å². The lowest BCUT2D eigenvalue weighted by Crippen LogP contribution is -2.42. The van der Waals surface area contributed by atoms with Gasteiger partial charge >= 0.3 is 0 Å². The van der Waals surface area contributed by atoms with Crippen LogP contribution in [0, 0.1) is 0 Å². The predicted molar refractivity (Wildman–Crippen MR) is 70.4 cm³/mol. The van der Waals surface area contributed by atoms with Crippen LogP contribution in [0.3, 0.4) is 0 Å². The molecule has 3 heteroatoms. The first kappa shape index (κ1) is 13.5. The van der Waals surface area contributed by atoms with Crippen LogP contribution in [0.2, 0.25) is 0 Å². The molecule has 0 heterocycles. The highest BCUT2D eigenvalue weighted by Crippen LogP contribution is 2.18. The summed E-state index contributed by atoms with van der Waals surface area (Å²) in [6.45, 7) is 5.59. The molecule has 1 aromatic carbocycles. The van der Waals surface area contributed by atoms with Gasteiger partial charge in [0.2, 0.25) is 5.91 Å². The predicted octanol–water partition coefficient (Wildman–Crippen LogP) is 2.11. The number of nitrogens with two attached hydrogens (primary N) is 1.